The van der Waals surface area contributed by atoms with E-state index in [1.165, 1.54) is 6.21 Å². The van der Waals surface area contributed by atoms with Gasteiger partial charge in [0.1, 0.15) is 11.9 Å². The lowest BCUT2D eigenvalue weighted by atomic mass is 9.92. The molecule has 6 heteroatoms. The number of benzene rings is 1. The summed E-state index contributed by atoms with van der Waals surface area (Å²) in [7, 11) is 0. The molecule has 2 unspecified atom stereocenters. The van der Waals surface area contributed by atoms with Gasteiger partial charge in [0, 0.05) is 11.8 Å². The number of aromatic hydroxyl groups is 1. The highest BCUT2D eigenvalue weighted by molar-refractivity contribution is 5.93. The first-order chi connectivity index (χ1) is 10.5. The second-order valence-corrected chi connectivity index (χ2v) is 5.48. The van der Waals surface area contributed by atoms with Crippen LogP contribution in [0.5, 0.6) is 5.75 Å². The lowest BCUT2D eigenvalue weighted by molar-refractivity contribution is 0.0894. The van der Waals surface area contributed by atoms with Gasteiger partial charge < -0.3 is 15.4 Å². The zero-order valence-electron chi connectivity index (χ0n) is 12.7. The Morgan fingerprint density at radius 3 is 2.50 bits per heavy atom. The van der Waals surface area contributed by atoms with E-state index in [1.807, 2.05) is 25.5 Å². The summed E-state index contributed by atoms with van der Waals surface area (Å²) in [6.45, 7) is 5.76. The summed E-state index contributed by atoms with van der Waals surface area (Å²) in [5.74, 6) is 0.156. The molecule has 0 spiro atoms. The van der Waals surface area contributed by atoms with Crippen molar-refractivity contribution in [3.8, 4) is 11.4 Å². The minimum Gasteiger partial charge on any atom is -0.508 e. The zero-order chi connectivity index (χ0) is 15.9. The highest BCUT2D eigenvalue weighted by atomic mass is 16.6. The highest BCUT2D eigenvalue weighted by Crippen LogP contribution is 2.33. The van der Waals surface area contributed by atoms with E-state index in [4.69, 9.17) is 10.2 Å². The van der Waals surface area contributed by atoms with Gasteiger partial charge >= 0.3 is 0 Å². The van der Waals surface area contributed by atoms with E-state index in [9.17, 15) is 5.11 Å². The van der Waals surface area contributed by atoms with E-state index in [-0.39, 0.29) is 17.8 Å². The van der Waals surface area contributed by atoms with E-state index in [2.05, 4.69) is 10.3 Å². The largest absolute Gasteiger partial charge is 0.508 e. The topological polar surface area (TPSA) is 83.5 Å². The van der Waals surface area contributed by atoms with Crippen molar-refractivity contribution >= 4 is 11.9 Å². The van der Waals surface area contributed by atoms with Crippen molar-refractivity contribution < 1.29 is 9.94 Å². The van der Waals surface area contributed by atoms with Gasteiger partial charge in [-0.25, -0.2) is 4.68 Å². The van der Waals surface area contributed by atoms with Gasteiger partial charge in [-0.05, 0) is 45.0 Å². The van der Waals surface area contributed by atoms with E-state index in [0.717, 1.165) is 28.4 Å². The molecule has 6 nitrogen and oxygen atoms in total. The summed E-state index contributed by atoms with van der Waals surface area (Å²) >= 11 is 0. The number of aromatic nitrogens is 2. The molecule has 0 saturated carbocycles. The summed E-state index contributed by atoms with van der Waals surface area (Å²) in [5, 5.41) is 25.8. The number of phenolic OH excluding ortho intramolecular Hbond substituents is 1. The maximum Gasteiger partial charge on any atom is 0.138 e. The number of nitrogens with one attached hydrogen (secondary N) is 1. The second kappa shape index (κ2) is 5.29. The number of oxime groups is 1. The zero-order valence-corrected chi connectivity index (χ0v) is 12.7. The fraction of sp³-hybridized carbons (Fsp3) is 0.312. The fourth-order valence-electron chi connectivity index (χ4n) is 2.87. The van der Waals surface area contributed by atoms with Crippen LogP contribution in [0.4, 0.5) is 0 Å². The van der Waals surface area contributed by atoms with Gasteiger partial charge in [0.15, 0.2) is 0 Å². The first kappa shape index (κ1) is 14.3. The third-order valence-electron chi connectivity index (χ3n) is 3.96. The number of nitrogens with zero attached hydrogens (tertiary/aromatic N) is 3. The summed E-state index contributed by atoms with van der Waals surface area (Å²) < 4.78 is 1.81. The van der Waals surface area contributed by atoms with Crippen LogP contribution in [0.1, 0.15) is 36.7 Å². The van der Waals surface area contributed by atoms with Crippen molar-refractivity contribution in [3.63, 3.8) is 0 Å². The number of aryl methyl sites for hydroxylation is 1. The molecule has 2 aromatic rings. The molecule has 1 aromatic heterocycles. The van der Waals surface area contributed by atoms with Crippen molar-refractivity contribution in [1.82, 2.24) is 9.78 Å². The number of hydrogen-bond acceptors (Lipinski definition) is 5. The van der Waals surface area contributed by atoms with Crippen molar-refractivity contribution in [2.24, 2.45) is 5.16 Å². The minimum absolute atomic E-state index is 0.0494. The Balaban J connectivity index is 2.21. The van der Waals surface area contributed by atoms with Gasteiger partial charge in [-0.15, -0.1) is 0 Å². The molecule has 1 aromatic carbocycles. The summed E-state index contributed by atoms with van der Waals surface area (Å²) in [6.07, 6.45) is 1.22. The average molecular weight is 298 g/mol. The van der Waals surface area contributed by atoms with E-state index in [1.54, 1.807) is 24.3 Å². The maximum atomic E-state index is 9.47. The van der Waals surface area contributed by atoms with Gasteiger partial charge in [0.2, 0.25) is 0 Å². The lowest BCUT2D eigenvalue weighted by Crippen LogP contribution is -2.21. The normalized spacial score (nSPS) is 20.6. The number of phenols is 1. The Bertz CT molecular complexity index is 746. The molecule has 2 N–H and O–H groups in total. The lowest BCUT2D eigenvalue weighted by Gasteiger charge is -2.17. The molecular formula is C16H18N4O2. The standard InChI is InChI=1S/C16H18N4O2/c1-9-14(8-17)16(15-10(2)19-22-11(15)3)20(18-9)12-4-6-13(21)7-5-12/h4-8,11,15,17,21H,1-3H3. The molecule has 0 amide bonds. The maximum absolute atomic E-state index is 9.47. The highest BCUT2D eigenvalue weighted by Gasteiger charge is 2.35. The van der Waals surface area contributed by atoms with E-state index in [0.29, 0.717) is 0 Å². The van der Waals surface area contributed by atoms with Crippen LogP contribution < -0.4 is 0 Å². The molecular weight excluding hydrogens is 280 g/mol. The molecule has 1 aliphatic heterocycles. The van der Waals surface area contributed by atoms with Gasteiger partial charge in [0.25, 0.3) is 0 Å². The van der Waals surface area contributed by atoms with Crippen LogP contribution >= 0.6 is 0 Å². The fourth-order valence-corrected chi connectivity index (χ4v) is 2.87. The predicted molar refractivity (Wildman–Crippen MR) is 84.2 cm³/mol. The van der Waals surface area contributed by atoms with Crippen LogP contribution in [0.3, 0.4) is 0 Å². The SMILES string of the molecule is CC1=NOC(C)C1c1c(C=N)c(C)nn1-c1ccc(O)cc1. The number of hydrogen-bond donors (Lipinski definition) is 2. The molecule has 0 bridgehead atoms. The Labute approximate surface area is 128 Å². The van der Waals surface area contributed by atoms with Crippen LogP contribution in [0.2, 0.25) is 0 Å². The minimum atomic E-state index is -0.106. The Morgan fingerprint density at radius 2 is 1.95 bits per heavy atom. The third-order valence-corrected chi connectivity index (χ3v) is 3.96. The van der Waals surface area contributed by atoms with Crippen LogP contribution in [0.15, 0.2) is 29.4 Å². The quantitative estimate of drug-likeness (QED) is 0.855. The second-order valence-electron chi connectivity index (χ2n) is 5.48. The van der Waals surface area contributed by atoms with Crippen LogP contribution in [-0.4, -0.2) is 32.9 Å². The van der Waals surface area contributed by atoms with Gasteiger partial charge in [-0.3, -0.25) is 0 Å². The molecule has 0 fully saturated rings. The molecule has 114 valence electrons. The molecule has 2 heterocycles. The smallest absolute Gasteiger partial charge is 0.138 e. The summed E-state index contributed by atoms with van der Waals surface area (Å²) in [4.78, 5) is 5.38. The Hall–Kier alpha value is -2.63. The molecule has 3 rings (SSSR count). The molecule has 0 radical (unpaired) electrons. The molecule has 1 aliphatic rings. The van der Waals surface area contributed by atoms with Gasteiger partial charge in [-0.1, -0.05) is 5.16 Å². The summed E-state index contributed by atoms with van der Waals surface area (Å²) in [6, 6.07) is 6.84. The molecule has 0 aliphatic carbocycles. The van der Waals surface area contributed by atoms with E-state index >= 15 is 0 Å². The van der Waals surface area contributed by atoms with Gasteiger partial charge in [0.05, 0.1) is 28.7 Å². The molecule has 0 saturated heterocycles. The predicted octanol–water partition coefficient (Wildman–Crippen LogP) is 2.76. The number of rotatable bonds is 3. The van der Waals surface area contributed by atoms with E-state index < -0.39 is 0 Å². The van der Waals surface area contributed by atoms with Crippen LogP contribution in [0.25, 0.3) is 5.69 Å². The average Bonchev–Trinajstić information content (AvgIpc) is 2.99. The first-order valence-corrected chi connectivity index (χ1v) is 7.12. The summed E-state index contributed by atoms with van der Waals surface area (Å²) in [5.41, 5.74) is 4.16. The monoisotopic (exact) mass is 298 g/mol. The first-order valence-electron chi connectivity index (χ1n) is 7.12. The Kier molecular flexibility index (Phi) is 3.44. The van der Waals surface area contributed by atoms with Crippen LogP contribution in [0, 0.1) is 12.3 Å². The third kappa shape index (κ3) is 2.16. The van der Waals surface area contributed by atoms with Gasteiger partial charge in [-0.2, -0.15) is 5.10 Å². The molecule has 22 heavy (non-hydrogen) atoms. The van der Waals surface area contributed by atoms with Crippen molar-refractivity contribution in [2.75, 3.05) is 0 Å². The van der Waals surface area contributed by atoms with Crippen molar-refractivity contribution in [1.29, 1.82) is 5.41 Å². The van der Waals surface area contributed by atoms with Crippen molar-refractivity contribution in [3.05, 3.63) is 41.2 Å². The molecule has 2 atom stereocenters. The van der Waals surface area contributed by atoms with Crippen LogP contribution in [-0.2, 0) is 4.84 Å². The Morgan fingerprint density at radius 1 is 1.27 bits per heavy atom. The van der Waals surface area contributed by atoms with Crippen molar-refractivity contribution in [2.45, 2.75) is 32.8 Å².